The summed E-state index contributed by atoms with van der Waals surface area (Å²) >= 11 is 0. The summed E-state index contributed by atoms with van der Waals surface area (Å²) in [6, 6.07) is 8.34. The third-order valence-corrected chi connectivity index (χ3v) is 4.27. The van der Waals surface area contributed by atoms with Crippen LogP contribution < -0.4 is 0 Å². The second-order valence-corrected chi connectivity index (χ2v) is 5.72. The average Bonchev–Trinajstić information content (AvgIpc) is 2.77. The number of carboxylic acid groups (broad SMARTS) is 1. The molecule has 3 heteroatoms. The quantitative estimate of drug-likeness (QED) is 0.885. The van der Waals surface area contributed by atoms with E-state index in [0.717, 1.165) is 32.4 Å². The van der Waals surface area contributed by atoms with Gasteiger partial charge in [0, 0.05) is 13.1 Å². The molecule has 0 bridgehead atoms. The maximum atomic E-state index is 11.6. The summed E-state index contributed by atoms with van der Waals surface area (Å²) < 4.78 is 0. The molecule has 1 saturated heterocycles. The van der Waals surface area contributed by atoms with Crippen LogP contribution in [0, 0.1) is 12.3 Å². The fourth-order valence-corrected chi connectivity index (χ4v) is 3.09. The first-order valence-corrected chi connectivity index (χ1v) is 7.08. The lowest BCUT2D eigenvalue weighted by Crippen LogP contribution is -2.34. The van der Waals surface area contributed by atoms with Gasteiger partial charge in [0.1, 0.15) is 0 Å². The van der Waals surface area contributed by atoms with Gasteiger partial charge in [0.2, 0.25) is 0 Å². The Balaban J connectivity index is 2.06. The van der Waals surface area contributed by atoms with Gasteiger partial charge in [-0.15, -0.1) is 0 Å². The standard InChI is InChI=1S/C16H23NO2/c1-3-8-16(15(18)19)9-10-17(12-16)11-14-7-5-4-6-13(14)2/h4-7H,3,8-12H2,1-2H3,(H,18,19). The minimum atomic E-state index is -0.623. The van der Waals surface area contributed by atoms with Crippen LogP contribution in [0.25, 0.3) is 0 Å². The van der Waals surface area contributed by atoms with E-state index < -0.39 is 11.4 Å². The smallest absolute Gasteiger partial charge is 0.310 e. The van der Waals surface area contributed by atoms with Crippen LogP contribution in [0.15, 0.2) is 24.3 Å². The normalized spacial score (nSPS) is 23.7. The first-order chi connectivity index (χ1) is 9.07. The van der Waals surface area contributed by atoms with Gasteiger partial charge in [-0.25, -0.2) is 0 Å². The number of carbonyl (C=O) groups is 1. The summed E-state index contributed by atoms with van der Waals surface area (Å²) in [5.41, 5.74) is 2.07. The highest BCUT2D eigenvalue weighted by Gasteiger charge is 2.43. The first kappa shape index (κ1) is 14.1. The number of aliphatic carboxylic acids is 1. The SMILES string of the molecule is CCCC1(C(=O)O)CCN(Cc2ccccc2C)C1. The van der Waals surface area contributed by atoms with Crippen molar-refractivity contribution in [2.24, 2.45) is 5.41 Å². The minimum absolute atomic E-state index is 0.516. The van der Waals surface area contributed by atoms with Crippen LogP contribution >= 0.6 is 0 Å². The van der Waals surface area contributed by atoms with E-state index in [0.29, 0.717) is 6.54 Å². The first-order valence-electron chi connectivity index (χ1n) is 7.08. The van der Waals surface area contributed by atoms with Crippen molar-refractivity contribution in [1.82, 2.24) is 4.90 Å². The van der Waals surface area contributed by atoms with Crippen molar-refractivity contribution >= 4 is 5.97 Å². The Labute approximate surface area is 115 Å². The largest absolute Gasteiger partial charge is 0.481 e. The molecule has 1 aromatic carbocycles. The molecule has 1 aromatic rings. The summed E-state index contributed by atoms with van der Waals surface area (Å²) in [6.07, 6.45) is 2.50. The van der Waals surface area contributed by atoms with Crippen LogP contribution in [0.1, 0.15) is 37.3 Å². The Hall–Kier alpha value is -1.35. The number of aryl methyl sites for hydroxylation is 1. The molecule has 1 heterocycles. The van der Waals surface area contributed by atoms with Crippen LogP contribution in [0.4, 0.5) is 0 Å². The fourth-order valence-electron chi connectivity index (χ4n) is 3.09. The molecule has 1 atom stereocenters. The van der Waals surface area contributed by atoms with E-state index in [-0.39, 0.29) is 0 Å². The Morgan fingerprint density at radius 3 is 2.79 bits per heavy atom. The van der Waals surface area contributed by atoms with E-state index in [1.807, 2.05) is 6.07 Å². The van der Waals surface area contributed by atoms with Gasteiger partial charge in [-0.2, -0.15) is 0 Å². The number of carboxylic acids is 1. The predicted octanol–water partition coefficient (Wildman–Crippen LogP) is 3.07. The van der Waals surface area contributed by atoms with Gasteiger partial charge in [0.25, 0.3) is 0 Å². The summed E-state index contributed by atoms with van der Waals surface area (Å²) in [7, 11) is 0. The third-order valence-electron chi connectivity index (χ3n) is 4.27. The Bertz CT molecular complexity index is 458. The Kier molecular flexibility index (Phi) is 4.25. The van der Waals surface area contributed by atoms with Gasteiger partial charge >= 0.3 is 5.97 Å². The highest BCUT2D eigenvalue weighted by Crippen LogP contribution is 2.36. The maximum Gasteiger partial charge on any atom is 0.310 e. The molecule has 19 heavy (non-hydrogen) atoms. The van der Waals surface area contributed by atoms with Crippen molar-refractivity contribution < 1.29 is 9.90 Å². The summed E-state index contributed by atoms with van der Waals surface area (Å²) in [4.78, 5) is 13.8. The molecule has 3 nitrogen and oxygen atoms in total. The molecule has 0 aliphatic carbocycles. The van der Waals surface area contributed by atoms with Crippen molar-refractivity contribution in [1.29, 1.82) is 0 Å². The molecule has 1 N–H and O–H groups in total. The fraction of sp³-hybridized carbons (Fsp3) is 0.562. The van der Waals surface area contributed by atoms with E-state index in [2.05, 4.69) is 36.9 Å². The molecule has 0 saturated carbocycles. The van der Waals surface area contributed by atoms with Crippen molar-refractivity contribution in [3.8, 4) is 0 Å². The van der Waals surface area contributed by atoms with Gasteiger partial charge in [-0.05, 0) is 37.4 Å². The second kappa shape index (κ2) is 5.74. The van der Waals surface area contributed by atoms with E-state index in [4.69, 9.17) is 0 Å². The van der Waals surface area contributed by atoms with Crippen LogP contribution in [-0.4, -0.2) is 29.1 Å². The number of likely N-dealkylation sites (tertiary alicyclic amines) is 1. The van der Waals surface area contributed by atoms with Gasteiger partial charge in [-0.3, -0.25) is 9.69 Å². The zero-order valence-electron chi connectivity index (χ0n) is 11.9. The molecule has 104 valence electrons. The molecular formula is C16H23NO2. The van der Waals surface area contributed by atoms with Crippen LogP contribution in [0.2, 0.25) is 0 Å². The van der Waals surface area contributed by atoms with Crippen molar-refractivity contribution in [3.63, 3.8) is 0 Å². The summed E-state index contributed by atoms with van der Waals surface area (Å²) in [5, 5.41) is 9.51. The molecule has 1 unspecified atom stereocenters. The van der Waals surface area contributed by atoms with E-state index in [1.54, 1.807) is 0 Å². The maximum absolute atomic E-state index is 11.6. The highest BCUT2D eigenvalue weighted by atomic mass is 16.4. The van der Waals surface area contributed by atoms with Crippen LogP contribution in [0.3, 0.4) is 0 Å². The highest BCUT2D eigenvalue weighted by molar-refractivity contribution is 5.75. The molecular weight excluding hydrogens is 238 g/mol. The molecule has 1 aliphatic rings. The molecule has 0 aromatic heterocycles. The van der Waals surface area contributed by atoms with Crippen LogP contribution in [0.5, 0.6) is 0 Å². The average molecular weight is 261 g/mol. The second-order valence-electron chi connectivity index (χ2n) is 5.72. The molecule has 0 amide bonds. The molecule has 1 fully saturated rings. The van der Waals surface area contributed by atoms with Gasteiger partial charge in [0.05, 0.1) is 5.41 Å². The Morgan fingerprint density at radius 1 is 1.42 bits per heavy atom. The summed E-state index contributed by atoms with van der Waals surface area (Å²) in [6.45, 7) is 6.62. The molecule has 1 aliphatic heterocycles. The number of hydrogen-bond donors (Lipinski definition) is 1. The van der Waals surface area contributed by atoms with E-state index >= 15 is 0 Å². The number of nitrogens with zero attached hydrogens (tertiary/aromatic N) is 1. The Morgan fingerprint density at radius 2 is 2.16 bits per heavy atom. The zero-order valence-corrected chi connectivity index (χ0v) is 11.9. The van der Waals surface area contributed by atoms with Crippen molar-refractivity contribution in [2.75, 3.05) is 13.1 Å². The number of hydrogen-bond acceptors (Lipinski definition) is 2. The van der Waals surface area contributed by atoms with E-state index in [9.17, 15) is 9.90 Å². The van der Waals surface area contributed by atoms with Crippen molar-refractivity contribution in [2.45, 2.75) is 39.7 Å². The lowest BCUT2D eigenvalue weighted by Gasteiger charge is -2.24. The lowest BCUT2D eigenvalue weighted by molar-refractivity contribution is -0.148. The number of benzene rings is 1. The molecule has 0 radical (unpaired) electrons. The number of rotatable bonds is 5. The van der Waals surface area contributed by atoms with E-state index in [1.165, 1.54) is 11.1 Å². The van der Waals surface area contributed by atoms with Gasteiger partial charge in [0.15, 0.2) is 0 Å². The third kappa shape index (κ3) is 2.98. The summed E-state index contributed by atoms with van der Waals surface area (Å²) in [5.74, 6) is -0.623. The van der Waals surface area contributed by atoms with Gasteiger partial charge in [-0.1, -0.05) is 37.6 Å². The minimum Gasteiger partial charge on any atom is -0.481 e. The van der Waals surface area contributed by atoms with Crippen molar-refractivity contribution in [3.05, 3.63) is 35.4 Å². The van der Waals surface area contributed by atoms with Gasteiger partial charge < -0.3 is 5.11 Å². The molecule has 0 spiro atoms. The topological polar surface area (TPSA) is 40.5 Å². The lowest BCUT2D eigenvalue weighted by atomic mass is 9.83. The monoisotopic (exact) mass is 261 g/mol. The van der Waals surface area contributed by atoms with Crippen LogP contribution in [-0.2, 0) is 11.3 Å². The zero-order chi connectivity index (χ0) is 13.9. The predicted molar refractivity (Wildman–Crippen MR) is 76.0 cm³/mol. The molecule has 2 rings (SSSR count).